The van der Waals surface area contributed by atoms with Crippen LogP contribution in [0.5, 0.6) is 0 Å². The van der Waals surface area contributed by atoms with E-state index in [4.69, 9.17) is 0 Å². The Labute approximate surface area is 102 Å². The summed E-state index contributed by atoms with van der Waals surface area (Å²) < 4.78 is 2.84. The van der Waals surface area contributed by atoms with E-state index in [1.165, 1.54) is 11.9 Å². The smallest absolute Gasteiger partial charge is 0.137 e. The lowest BCUT2D eigenvalue weighted by atomic mass is 10.1. The van der Waals surface area contributed by atoms with Crippen molar-refractivity contribution >= 4 is 28.6 Å². The Kier molecular flexibility index (Phi) is 3.43. The molecular formula is C10H10BrN3S. The third kappa shape index (κ3) is 2.82. The standard InChI is InChI=1S/C10H10BrN3S/c11-9-3-1-2-8(4-9)10(15)5-14-7-12-6-13-14/h1-4,6-7,10,15H,5H2. The maximum atomic E-state index is 4.54. The molecule has 2 rings (SSSR count). The fourth-order valence-corrected chi connectivity index (χ4v) is 2.07. The van der Waals surface area contributed by atoms with Crippen molar-refractivity contribution in [1.29, 1.82) is 0 Å². The Morgan fingerprint density at radius 2 is 2.33 bits per heavy atom. The van der Waals surface area contributed by atoms with Crippen LogP contribution in [0.1, 0.15) is 10.8 Å². The van der Waals surface area contributed by atoms with Crippen molar-refractivity contribution in [1.82, 2.24) is 14.8 Å². The molecule has 78 valence electrons. The number of hydrogen-bond acceptors (Lipinski definition) is 3. The molecule has 0 saturated carbocycles. The monoisotopic (exact) mass is 283 g/mol. The van der Waals surface area contributed by atoms with E-state index in [1.807, 2.05) is 12.1 Å². The molecule has 5 heteroatoms. The summed E-state index contributed by atoms with van der Waals surface area (Å²) in [4.78, 5) is 3.90. The van der Waals surface area contributed by atoms with E-state index in [2.05, 4.69) is 50.8 Å². The second kappa shape index (κ2) is 4.81. The molecule has 1 aromatic carbocycles. The second-order valence-corrected chi connectivity index (χ2v) is 4.73. The van der Waals surface area contributed by atoms with E-state index in [-0.39, 0.29) is 5.25 Å². The minimum atomic E-state index is 0.129. The van der Waals surface area contributed by atoms with E-state index >= 15 is 0 Å². The summed E-state index contributed by atoms with van der Waals surface area (Å²) in [6, 6.07) is 8.12. The quantitative estimate of drug-likeness (QED) is 0.878. The largest absolute Gasteiger partial charge is 0.252 e. The predicted molar refractivity (Wildman–Crippen MR) is 65.9 cm³/mol. The average molecular weight is 284 g/mol. The number of thiol groups is 1. The molecule has 3 nitrogen and oxygen atoms in total. The van der Waals surface area contributed by atoms with Gasteiger partial charge in [-0.3, -0.25) is 4.68 Å². The van der Waals surface area contributed by atoms with E-state index in [0.29, 0.717) is 0 Å². The Balaban J connectivity index is 2.11. The van der Waals surface area contributed by atoms with Crippen molar-refractivity contribution in [2.75, 3.05) is 0 Å². The zero-order valence-electron chi connectivity index (χ0n) is 7.92. The summed E-state index contributed by atoms with van der Waals surface area (Å²) in [6.07, 6.45) is 3.22. The fraction of sp³-hybridized carbons (Fsp3) is 0.200. The lowest BCUT2D eigenvalue weighted by Gasteiger charge is -2.10. The molecule has 1 unspecified atom stereocenters. The molecule has 0 bridgehead atoms. The number of aromatic nitrogens is 3. The summed E-state index contributed by atoms with van der Waals surface area (Å²) in [5, 5.41) is 4.18. The van der Waals surface area contributed by atoms with Crippen molar-refractivity contribution in [3.8, 4) is 0 Å². The van der Waals surface area contributed by atoms with Crippen LogP contribution in [0.25, 0.3) is 0 Å². The third-order valence-electron chi connectivity index (χ3n) is 2.06. The van der Waals surface area contributed by atoms with Gasteiger partial charge in [-0.1, -0.05) is 28.1 Å². The molecule has 0 radical (unpaired) electrons. The van der Waals surface area contributed by atoms with Crippen LogP contribution in [0.2, 0.25) is 0 Å². The Hall–Kier alpha value is -0.810. The van der Waals surface area contributed by atoms with Crippen LogP contribution in [0.4, 0.5) is 0 Å². The zero-order chi connectivity index (χ0) is 10.7. The molecular weight excluding hydrogens is 274 g/mol. The van der Waals surface area contributed by atoms with Gasteiger partial charge in [-0.2, -0.15) is 17.7 Å². The highest BCUT2D eigenvalue weighted by atomic mass is 79.9. The van der Waals surface area contributed by atoms with Crippen molar-refractivity contribution in [2.45, 2.75) is 11.8 Å². The third-order valence-corrected chi connectivity index (χ3v) is 3.01. The highest BCUT2D eigenvalue weighted by molar-refractivity contribution is 9.10. The molecule has 0 N–H and O–H groups in total. The maximum Gasteiger partial charge on any atom is 0.137 e. The van der Waals surface area contributed by atoms with Gasteiger partial charge in [-0.05, 0) is 17.7 Å². The lowest BCUT2D eigenvalue weighted by Crippen LogP contribution is -2.04. The molecule has 0 fully saturated rings. The van der Waals surface area contributed by atoms with E-state index in [1.54, 1.807) is 11.0 Å². The van der Waals surface area contributed by atoms with Crippen LogP contribution < -0.4 is 0 Å². The van der Waals surface area contributed by atoms with Crippen molar-refractivity contribution < 1.29 is 0 Å². The topological polar surface area (TPSA) is 30.7 Å². The normalized spacial score (nSPS) is 12.7. The number of nitrogens with zero attached hydrogens (tertiary/aromatic N) is 3. The van der Waals surface area contributed by atoms with Gasteiger partial charge in [-0.25, -0.2) is 4.98 Å². The van der Waals surface area contributed by atoms with Gasteiger partial charge < -0.3 is 0 Å². The molecule has 2 aromatic rings. The summed E-state index contributed by atoms with van der Waals surface area (Å²) in [5.41, 5.74) is 1.17. The molecule has 1 heterocycles. The molecule has 1 atom stereocenters. The first-order valence-electron chi connectivity index (χ1n) is 4.51. The minimum Gasteiger partial charge on any atom is -0.252 e. The number of rotatable bonds is 3. The maximum absolute atomic E-state index is 4.54. The highest BCUT2D eigenvalue weighted by Gasteiger charge is 2.07. The van der Waals surface area contributed by atoms with Gasteiger partial charge in [0.15, 0.2) is 0 Å². The highest BCUT2D eigenvalue weighted by Crippen LogP contribution is 2.24. The van der Waals surface area contributed by atoms with Gasteiger partial charge in [0.25, 0.3) is 0 Å². The predicted octanol–water partition coefficient (Wildman–Crippen LogP) is 2.71. The molecule has 0 spiro atoms. The molecule has 15 heavy (non-hydrogen) atoms. The van der Waals surface area contributed by atoms with Gasteiger partial charge in [0.1, 0.15) is 12.7 Å². The van der Waals surface area contributed by atoms with Crippen LogP contribution in [-0.4, -0.2) is 14.8 Å². The number of halogens is 1. The SMILES string of the molecule is SC(Cn1cncn1)c1cccc(Br)c1. The van der Waals surface area contributed by atoms with Crippen LogP contribution in [0.15, 0.2) is 41.4 Å². The molecule has 0 amide bonds. The first-order chi connectivity index (χ1) is 7.25. The second-order valence-electron chi connectivity index (χ2n) is 3.19. The van der Waals surface area contributed by atoms with Gasteiger partial charge in [0.05, 0.1) is 6.54 Å². The Morgan fingerprint density at radius 3 is 3.00 bits per heavy atom. The summed E-state index contributed by atoms with van der Waals surface area (Å²) in [6.45, 7) is 0.722. The van der Waals surface area contributed by atoms with E-state index in [9.17, 15) is 0 Å². The van der Waals surface area contributed by atoms with Crippen LogP contribution >= 0.6 is 28.6 Å². The van der Waals surface area contributed by atoms with Crippen LogP contribution in [-0.2, 0) is 6.54 Å². The summed E-state index contributed by atoms with van der Waals surface area (Å²) in [5.74, 6) is 0. The number of hydrogen-bond donors (Lipinski definition) is 1. The van der Waals surface area contributed by atoms with Crippen LogP contribution in [0.3, 0.4) is 0 Å². The first kappa shape index (κ1) is 10.7. The first-order valence-corrected chi connectivity index (χ1v) is 5.82. The summed E-state index contributed by atoms with van der Waals surface area (Å²) >= 11 is 7.98. The van der Waals surface area contributed by atoms with Crippen molar-refractivity contribution in [3.63, 3.8) is 0 Å². The van der Waals surface area contributed by atoms with Crippen molar-refractivity contribution in [3.05, 3.63) is 47.0 Å². The van der Waals surface area contributed by atoms with Crippen molar-refractivity contribution in [2.24, 2.45) is 0 Å². The number of benzene rings is 1. The molecule has 0 aliphatic heterocycles. The van der Waals surface area contributed by atoms with Crippen LogP contribution in [0, 0.1) is 0 Å². The minimum absolute atomic E-state index is 0.129. The van der Waals surface area contributed by atoms with Gasteiger partial charge >= 0.3 is 0 Å². The molecule has 0 aliphatic rings. The molecule has 1 aromatic heterocycles. The van der Waals surface area contributed by atoms with Gasteiger partial charge in [0, 0.05) is 9.72 Å². The van der Waals surface area contributed by atoms with E-state index in [0.717, 1.165) is 11.0 Å². The Morgan fingerprint density at radius 1 is 1.47 bits per heavy atom. The lowest BCUT2D eigenvalue weighted by molar-refractivity contribution is 0.606. The van der Waals surface area contributed by atoms with E-state index < -0.39 is 0 Å². The van der Waals surface area contributed by atoms with Gasteiger partial charge in [-0.15, -0.1) is 0 Å². The molecule has 0 aliphatic carbocycles. The summed E-state index contributed by atoms with van der Waals surface area (Å²) in [7, 11) is 0. The fourth-order valence-electron chi connectivity index (χ4n) is 1.32. The molecule has 0 saturated heterocycles. The average Bonchev–Trinajstić information content (AvgIpc) is 2.70. The zero-order valence-corrected chi connectivity index (χ0v) is 10.4. The Bertz CT molecular complexity index is 430. The van der Waals surface area contributed by atoms with Gasteiger partial charge in [0.2, 0.25) is 0 Å².